The monoisotopic (exact) mass is 663 g/mol. The Hall–Kier alpha value is -6.44. The van der Waals surface area contributed by atoms with Gasteiger partial charge in [-0.1, -0.05) is 169 Å². The van der Waals surface area contributed by atoms with Crippen LogP contribution in [0.5, 0.6) is 0 Å². The van der Waals surface area contributed by atoms with Crippen LogP contribution in [0.3, 0.4) is 0 Å². The van der Waals surface area contributed by atoms with Gasteiger partial charge in [-0.15, -0.1) is 0 Å². The van der Waals surface area contributed by atoms with Crippen molar-refractivity contribution in [3.05, 3.63) is 221 Å². The molecule has 0 heterocycles. The van der Waals surface area contributed by atoms with Crippen molar-refractivity contribution >= 4 is 17.1 Å². The lowest BCUT2D eigenvalue weighted by atomic mass is 9.70. The summed E-state index contributed by atoms with van der Waals surface area (Å²) in [5, 5.41) is 0. The Morgan fingerprint density at radius 2 is 0.808 bits per heavy atom. The van der Waals surface area contributed by atoms with Gasteiger partial charge < -0.3 is 4.90 Å². The highest BCUT2D eigenvalue weighted by Gasteiger charge is 2.52. The van der Waals surface area contributed by atoms with Crippen molar-refractivity contribution < 1.29 is 0 Å². The molecule has 10 rings (SSSR count). The van der Waals surface area contributed by atoms with Crippen molar-refractivity contribution in [2.75, 3.05) is 4.90 Å². The average Bonchev–Trinajstić information content (AvgIpc) is 3.66. The average molecular weight is 664 g/mol. The second kappa shape index (κ2) is 11.8. The van der Waals surface area contributed by atoms with Gasteiger partial charge in [-0.05, 0) is 105 Å². The highest BCUT2D eigenvalue weighted by atomic mass is 15.1. The van der Waals surface area contributed by atoms with E-state index in [4.69, 9.17) is 0 Å². The molecule has 0 fully saturated rings. The van der Waals surface area contributed by atoms with Crippen LogP contribution in [0.2, 0.25) is 0 Å². The van der Waals surface area contributed by atoms with E-state index in [0.717, 1.165) is 11.4 Å². The van der Waals surface area contributed by atoms with E-state index in [0.29, 0.717) is 0 Å². The fourth-order valence-electron chi connectivity index (χ4n) is 8.92. The smallest absolute Gasteiger partial charge is 0.0726 e. The summed E-state index contributed by atoms with van der Waals surface area (Å²) in [6, 6.07) is 69.6. The summed E-state index contributed by atoms with van der Waals surface area (Å²) in [6.45, 7) is 4.45. The van der Waals surface area contributed by atoms with E-state index in [1.807, 2.05) is 0 Å². The first kappa shape index (κ1) is 30.4. The summed E-state index contributed by atoms with van der Waals surface area (Å²) < 4.78 is 0. The van der Waals surface area contributed by atoms with Gasteiger partial charge in [-0.3, -0.25) is 0 Å². The van der Waals surface area contributed by atoms with Crippen molar-refractivity contribution in [1.29, 1.82) is 0 Å². The number of rotatable bonds is 5. The summed E-state index contributed by atoms with van der Waals surface area (Å²) in [7, 11) is 0. The van der Waals surface area contributed by atoms with Gasteiger partial charge >= 0.3 is 0 Å². The SMILES string of the molecule is Cc1ccc2c(c1)C1(c3cc(C)ccc3-2)c2ccccc2-c2c(N(c3ccc(-c4ccccc4)cc3)c3ccc(-c4ccccc4)cc3)cccc21. The maximum absolute atomic E-state index is 2.46. The fourth-order valence-corrected chi connectivity index (χ4v) is 8.92. The van der Waals surface area contributed by atoms with Crippen LogP contribution >= 0.6 is 0 Å². The van der Waals surface area contributed by atoms with E-state index in [1.165, 1.54) is 83.6 Å². The molecule has 0 bridgehead atoms. The van der Waals surface area contributed by atoms with Crippen LogP contribution in [-0.2, 0) is 5.41 Å². The molecule has 0 radical (unpaired) electrons. The summed E-state index contributed by atoms with van der Waals surface area (Å²) >= 11 is 0. The largest absolute Gasteiger partial charge is 0.310 e. The van der Waals surface area contributed by atoms with Gasteiger partial charge in [0, 0.05) is 16.9 Å². The summed E-state index contributed by atoms with van der Waals surface area (Å²) in [4.78, 5) is 2.46. The van der Waals surface area contributed by atoms with Crippen LogP contribution in [0, 0.1) is 13.8 Å². The van der Waals surface area contributed by atoms with Gasteiger partial charge in [0.05, 0.1) is 11.1 Å². The first-order valence-electron chi connectivity index (χ1n) is 18.2. The molecule has 0 amide bonds. The molecule has 246 valence electrons. The van der Waals surface area contributed by atoms with Gasteiger partial charge in [0.1, 0.15) is 0 Å². The predicted octanol–water partition coefficient (Wildman–Crippen LogP) is 13.5. The molecule has 0 unspecified atom stereocenters. The van der Waals surface area contributed by atoms with Gasteiger partial charge in [0.25, 0.3) is 0 Å². The molecule has 2 aliphatic carbocycles. The Balaban J connectivity index is 1.23. The molecule has 52 heavy (non-hydrogen) atoms. The zero-order valence-corrected chi connectivity index (χ0v) is 29.3. The third-order valence-corrected chi connectivity index (χ3v) is 11.2. The molecular formula is C51H37N. The molecule has 0 atom stereocenters. The molecule has 0 N–H and O–H groups in total. The van der Waals surface area contributed by atoms with Crippen LogP contribution < -0.4 is 4.90 Å². The van der Waals surface area contributed by atoms with Crippen molar-refractivity contribution in [2.45, 2.75) is 19.3 Å². The lowest BCUT2D eigenvalue weighted by Crippen LogP contribution is -2.26. The third kappa shape index (κ3) is 4.49. The van der Waals surface area contributed by atoms with Crippen LogP contribution in [0.4, 0.5) is 17.1 Å². The molecular weight excluding hydrogens is 627 g/mol. The third-order valence-electron chi connectivity index (χ3n) is 11.2. The molecule has 0 aromatic heterocycles. The molecule has 0 aliphatic heterocycles. The highest BCUT2D eigenvalue weighted by molar-refractivity contribution is 6.01. The van der Waals surface area contributed by atoms with Crippen molar-refractivity contribution in [3.63, 3.8) is 0 Å². The van der Waals surface area contributed by atoms with Gasteiger partial charge in [0.2, 0.25) is 0 Å². The first-order chi connectivity index (χ1) is 25.6. The van der Waals surface area contributed by atoms with E-state index < -0.39 is 5.41 Å². The topological polar surface area (TPSA) is 3.24 Å². The van der Waals surface area contributed by atoms with Crippen molar-refractivity contribution in [3.8, 4) is 44.5 Å². The molecule has 8 aromatic carbocycles. The predicted molar refractivity (Wildman–Crippen MR) is 218 cm³/mol. The number of benzene rings is 8. The van der Waals surface area contributed by atoms with Gasteiger partial charge in [0.15, 0.2) is 0 Å². The number of hydrogen-bond acceptors (Lipinski definition) is 1. The van der Waals surface area contributed by atoms with E-state index in [2.05, 4.69) is 207 Å². The zero-order chi connectivity index (χ0) is 34.8. The van der Waals surface area contributed by atoms with Gasteiger partial charge in [-0.2, -0.15) is 0 Å². The number of anilines is 3. The maximum Gasteiger partial charge on any atom is 0.0726 e. The number of nitrogens with zero attached hydrogens (tertiary/aromatic N) is 1. The lowest BCUT2D eigenvalue weighted by molar-refractivity contribution is 0.791. The molecule has 1 nitrogen and oxygen atoms in total. The van der Waals surface area contributed by atoms with Crippen LogP contribution in [0.1, 0.15) is 33.4 Å². The summed E-state index contributed by atoms with van der Waals surface area (Å²) in [5.41, 5.74) is 21.1. The normalized spacial score (nSPS) is 13.0. The van der Waals surface area contributed by atoms with E-state index in [1.54, 1.807) is 0 Å². The molecule has 1 heteroatoms. The van der Waals surface area contributed by atoms with Crippen LogP contribution in [0.25, 0.3) is 44.5 Å². The summed E-state index contributed by atoms with van der Waals surface area (Å²) in [5.74, 6) is 0. The number of aryl methyl sites for hydroxylation is 2. The first-order valence-corrected chi connectivity index (χ1v) is 18.2. The van der Waals surface area contributed by atoms with Crippen molar-refractivity contribution in [1.82, 2.24) is 0 Å². The van der Waals surface area contributed by atoms with E-state index >= 15 is 0 Å². The maximum atomic E-state index is 2.46. The van der Waals surface area contributed by atoms with Crippen LogP contribution in [-0.4, -0.2) is 0 Å². The fraction of sp³-hybridized carbons (Fsp3) is 0.0588. The number of fused-ring (bicyclic) bond motifs is 10. The quantitative estimate of drug-likeness (QED) is 0.177. The Labute approximate surface area is 306 Å². The molecule has 0 saturated carbocycles. The lowest BCUT2D eigenvalue weighted by Gasteiger charge is -2.32. The Morgan fingerprint density at radius 3 is 1.35 bits per heavy atom. The highest BCUT2D eigenvalue weighted by Crippen LogP contribution is 2.65. The Kier molecular flexibility index (Phi) is 6.91. The molecule has 2 aliphatic rings. The molecule has 1 spiro atoms. The van der Waals surface area contributed by atoms with Gasteiger partial charge in [-0.25, -0.2) is 0 Å². The van der Waals surface area contributed by atoms with E-state index in [9.17, 15) is 0 Å². The minimum absolute atomic E-state index is 0.412. The Bertz CT molecular complexity index is 2480. The minimum Gasteiger partial charge on any atom is -0.310 e. The number of hydrogen-bond donors (Lipinski definition) is 0. The zero-order valence-electron chi connectivity index (χ0n) is 29.3. The van der Waals surface area contributed by atoms with Crippen LogP contribution in [0.15, 0.2) is 188 Å². The van der Waals surface area contributed by atoms with E-state index in [-0.39, 0.29) is 0 Å². The summed E-state index contributed by atoms with van der Waals surface area (Å²) in [6.07, 6.45) is 0. The molecule has 8 aromatic rings. The van der Waals surface area contributed by atoms with Crippen molar-refractivity contribution in [2.24, 2.45) is 0 Å². The Morgan fingerprint density at radius 1 is 0.346 bits per heavy atom. The molecule has 0 saturated heterocycles. The minimum atomic E-state index is -0.412. The second-order valence-electron chi connectivity index (χ2n) is 14.3. The standard InChI is InChI=1S/C51H37N/c1-34-20-30-42-43-31-21-35(2)33-48(43)51(47(42)32-34)45-17-10-9-16-44(45)50-46(51)18-11-19-49(50)52(40-26-22-38(23-27-40)36-12-5-3-6-13-36)41-28-24-39(25-29-41)37-14-7-4-8-15-37/h3-33H,1-2H3. The second-order valence-corrected chi connectivity index (χ2v) is 14.3.